The lowest BCUT2D eigenvalue weighted by Crippen LogP contribution is -2.16. The molecule has 2 heterocycles. The molecule has 0 aliphatic rings. The predicted octanol–water partition coefficient (Wildman–Crippen LogP) is 1.72. The maximum atomic E-state index is 6.10. The number of furan rings is 1. The van der Waals surface area contributed by atoms with Gasteiger partial charge in [-0.2, -0.15) is 5.10 Å². The van der Waals surface area contributed by atoms with Crippen molar-refractivity contribution in [3.63, 3.8) is 0 Å². The van der Waals surface area contributed by atoms with Gasteiger partial charge in [0.15, 0.2) is 11.0 Å². The molecule has 1 atom stereocenters. The fourth-order valence-corrected chi connectivity index (χ4v) is 1.84. The summed E-state index contributed by atoms with van der Waals surface area (Å²) in [6.45, 7) is 0. The lowest BCUT2D eigenvalue weighted by molar-refractivity contribution is 0.405. The first-order valence-electron chi connectivity index (χ1n) is 4.69. The second-order valence-corrected chi connectivity index (χ2v) is 3.69. The van der Waals surface area contributed by atoms with Crippen LogP contribution in [-0.4, -0.2) is 16.9 Å². The number of aryl methyl sites for hydroxylation is 1. The van der Waals surface area contributed by atoms with E-state index >= 15 is 0 Å². The Balaban J connectivity index is 2.44. The van der Waals surface area contributed by atoms with Crippen molar-refractivity contribution >= 4 is 11.6 Å². The molecule has 0 amide bonds. The van der Waals surface area contributed by atoms with E-state index in [-0.39, 0.29) is 5.22 Å². The van der Waals surface area contributed by atoms with Crippen LogP contribution in [0.15, 0.2) is 22.9 Å². The molecule has 0 saturated heterocycles. The molecule has 0 saturated carbocycles. The number of nitrogens with two attached hydrogens (primary N) is 1. The third-order valence-corrected chi connectivity index (χ3v) is 2.75. The van der Waals surface area contributed by atoms with Crippen LogP contribution in [0.5, 0.6) is 5.75 Å². The third kappa shape index (κ3) is 1.68. The van der Waals surface area contributed by atoms with Crippen molar-refractivity contribution in [2.45, 2.75) is 6.04 Å². The van der Waals surface area contributed by atoms with Crippen molar-refractivity contribution < 1.29 is 9.15 Å². The van der Waals surface area contributed by atoms with Gasteiger partial charge in [-0.1, -0.05) is 0 Å². The molecule has 2 aromatic rings. The van der Waals surface area contributed by atoms with Crippen LogP contribution >= 0.6 is 11.6 Å². The van der Waals surface area contributed by atoms with Gasteiger partial charge in [0.1, 0.15) is 5.69 Å². The number of nitrogens with zero attached hydrogens (tertiary/aromatic N) is 2. The zero-order chi connectivity index (χ0) is 11.7. The van der Waals surface area contributed by atoms with Crippen LogP contribution in [0.3, 0.4) is 0 Å². The Hall–Kier alpha value is -1.46. The number of hydrogen-bond acceptors (Lipinski definition) is 4. The summed E-state index contributed by atoms with van der Waals surface area (Å²) in [6.07, 6.45) is 3.11. The Morgan fingerprint density at radius 2 is 2.38 bits per heavy atom. The van der Waals surface area contributed by atoms with Gasteiger partial charge in [-0.25, -0.2) is 0 Å². The highest BCUT2D eigenvalue weighted by molar-refractivity contribution is 6.29. The van der Waals surface area contributed by atoms with E-state index < -0.39 is 6.04 Å². The summed E-state index contributed by atoms with van der Waals surface area (Å²) in [5.41, 5.74) is 7.56. The van der Waals surface area contributed by atoms with E-state index in [1.807, 2.05) is 0 Å². The standard InChI is InChI=1S/C10H12ClN3O2/c1-14-9(7(15-2)5-13-14)8(12)6-3-4-16-10(6)11/h3-5,8H,12H2,1-2H3. The molecule has 1 unspecified atom stereocenters. The molecule has 2 aromatic heterocycles. The van der Waals surface area contributed by atoms with E-state index in [9.17, 15) is 0 Å². The van der Waals surface area contributed by atoms with Crippen LogP contribution in [-0.2, 0) is 7.05 Å². The third-order valence-electron chi connectivity index (χ3n) is 2.44. The van der Waals surface area contributed by atoms with E-state index in [0.717, 1.165) is 5.69 Å². The Morgan fingerprint density at radius 1 is 1.62 bits per heavy atom. The second-order valence-electron chi connectivity index (χ2n) is 3.35. The van der Waals surface area contributed by atoms with Gasteiger partial charge in [0.2, 0.25) is 0 Å². The molecule has 86 valence electrons. The molecule has 0 aliphatic heterocycles. The maximum Gasteiger partial charge on any atom is 0.198 e. The van der Waals surface area contributed by atoms with Gasteiger partial charge in [-0.3, -0.25) is 4.68 Å². The van der Waals surface area contributed by atoms with Gasteiger partial charge in [0.25, 0.3) is 0 Å². The van der Waals surface area contributed by atoms with Crippen LogP contribution in [0.4, 0.5) is 0 Å². The highest BCUT2D eigenvalue weighted by atomic mass is 35.5. The van der Waals surface area contributed by atoms with Crippen LogP contribution in [0.25, 0.3) is 0 Å². The average Bonchev–Trinajstić information content (AvgIpc) is 2.83. The number of methoxy groups -OCH3 is 1. The van der Waals surface area contributed by atoms with Crippen molar-refractivity contribution in [1.82, 2.24) is 9.78 Å². The van der Waals surface area contributed by atoms with Crippen LogP contribution in [0.2, 0.25) is 5.22 Å². The lowest BCUT2D eigenvalue weighted by atomic mass is 10.1. The summed E-state index contributed by atoms with van der Waals surface area (Å²) in [7, 11) is 3.37. The summed E-state index contributed by atoms with van der Waals surface area (Å²) in [5, 5.41) is 4.37. The molecule has 2 rings (SSSR count). The van der Waals surface area contributed by atoms with Gasteiger partial charge in [0, 0.05) is 12.6 Å². The second kappa shape index (κ2) is 4.19. The molecule has 16 heavy (non-hydrogen) atoms. The molecule has 0 radical (unpaired) electrons. The lowest BCUT2D eigenvalue weighted by Gasteiger charge is -2.12. The van der Waals surface area contributed by atoms with Crippen molar-refractivity contribution in [3.05, 3.63) is 35.0 Å². The monoisotopic (exact) mass is 241 g/mol. The minimum Gasteiger partial charge on any atom is -0.493 e. The van der Waals surface area contributed by atoms with Crippen molar-refractivity contribution in [3.8, 4) is 5.75 Å². The zero-order valence-electron chi connectivity index (χ0n) is 8.98. The van der Waals surface area contributed by atoms with Crippen LogP contribution in [0, 0.1) is 0 Å². The molecule has 6 heteroatoms. The summed E-state index contributed by atoms with van der Waals surface area (Å²) in [6, 6.07) is 1.31. The number of halogens is 1. The smallest absolute Gasteiger partial charge is 0.198 e. The van der Waals surface area contributed by atoms with Gasteiger partial charge in [-0.15, -0.1) is 0 Å². The topological polar surface area (TPSA) is 66.2 Å². The highest BCUT2D eigenvalue weighted by Gasteiger charge is 2.22. The summed E-state index contributed by atoms with van der Waals surface area (Å²) >= 11 is 5.88. The van der Waals surface area contributed by atoms with Gasteiger partial charge >= 0.3 is 0 Å². The van der Waals surface area contributed by atoms with Gasteiger partial charge in [0.05, 0.1) is 25.6 Å². The number of ether oxygens (including phenoxy) is 1. The molecular formula is C10H12ClN3O2. The first kappa shape index (κ1) is 11.0. The molecule has 0 aliphatic carbocycles. The molecular weight excluding hydrogens is 230 g/mol. The SMILES string of the molecule is COc1cnn(C)c1C(N)c1ccoc1Cl. The first-order valence-corrected chi connectivity index (χ1v) is 5.07. The fourth-order valence-electron chi connectivity index (χ4n) is 1.61. The molecule has 0 aromatic carbocycles. The number of hydrogen-bond donors (Lipinski definition) is 1. The highest BCUT2D eigenvalue weighted by Crippen LogP contribution is 2.31. The Morgan fingerprint density at radius 3 is 2.94 bits per heavy atom. The average molecular weight is 242 g/mol. The van der Waals surface area contributed by atoms with Crippen molar-refractivity contribution in [2.75, 3.05) is 7.11 Å². The minimum absolute atomic E-state index is 0.288. The number of aromatic nitrogens is 2. The van der Waals surface area contributed by atoms with Crippen molar-refractivity contribution in [2.24, 2.45) is 12.8 Å². The van der Waals surface area contributed by atoms with E-state index in [0.29, 0.717) is 11.3 Å². The molecule has 0 bridgehead atoms. The quantitative estimate of drug-likeness (QED) is 0.889. The van der Waals surface area contributed by atoms with E-state index in [2.05, 4.69) is 5.10 Å². The zero-order valence-corrected chi connectivity index (χ0v) is 9.73. The molecule has 0 spiro atoms. The summed E-state index contributed by atoms with van der Waals surface area (Å²) < 4.78 is 11.9. The molecule has 2 N–H and O–H groups in total. The Bertz CT molecular complexity index is 492. The normalized spacial score (nSPS) is 12.8. The molecule has 5 nitrogen and oxygen atoms in total. The Kier molecular flexibility index (Phi) is 2.89. The van der Waals surface area contributed by atoms with E-state index in [1.54, 1.807) is 31.1 Å². The van der Waals surface area contributed by atoms with Crippen molar-refractivity contribution in [1.29, 1.82) is 0 Å². The maximum absolute atomic E-state index is 6.10. The van der Waals surface area contributed by atoms with E-state index in [1.165, 1.54) is 6.26 Å². The van der Waals surface area contributed by atoms with E-state index in [4.69, 9.17) is 26.5 Å². The first-order chi connectivity index (χ1) is 7.65. The number of rotatable bonds is 3. The summed E-state index contributed by atoms with van der Waals surface area (Å²) in [5.74, 6) is 0.632. The predicted molar refractivity (Wildman–Crippen MR) is 59.5 cm³/mol. The van der Waals surface area contributed by atoms with Gasteiger partial charge in [-0.05, 0) is 17.7 Å². The minimum atomic E-state index is -0.423. The molecule has 0 fully saturated rings. The van der Waals surface area contributed by atoms with Crippen LogP contribution < -0.4 is 10.5 Å². The summed E-state index contributed by atoms with van der Waals surface area (Å²) in [4.78, 5) is 0. The fraction of sp³-hybridized carbons (Fsp3) is 0.300. The van der Waals surface area contributed by atoms with Crippen LogP contribution in [0.1, 0.15) is 17.3 Å². The largest absolute Gasteiger partial charge is 0.493 e. The van der Waals surface area contributed by atoms with Gasteiger partial charge < -0.3 is 14.9 Å². The Labute approximate surface area is 97.7 Å².